The Morgan fingerprint density at radius 1 is 1.08 bits per heavy atom. The predicted molar refractivity (Wildman–Crippen MR) is 101 cm³/mol. The number of hydrogen-bond acceptors (Lipinski definition) is 4. The van der Waals surface area contributed by atoms with E-state index in [0.717, 1.165) is 11.3 Å². The summed E-state index contributed by atoms with van der Waals surface area (Å²) in [7, 11) is 0. The van der Waals surface area contributed by atoms with Gasteiger partial charge in [-0.15, -0.1) is 0 Å². The van der Waals surface area contributed by atoms with Crippen molar-refractivity contribution in [1.82, 2.24) is 20.4 Å². The van der Waals surface area contributed by atoms with E-state index < -0.39 is 0 Å². The Hall–Kier alpha value is -2.28. The first kappa shape index (κ1) is 20.0. The van der Waals surface area contributed by atoms with Crippen LogP contribution in [0.4, 0.5) is 4.79 Å². The summed E-state index contributed by atoms with van der Waals surface area (Å²) in [6.07, 6.45) is 0.146. The molecule has 144 valence electrons. The molecule has 0 saturated carbocycles. The molecule has 0 aliphatic carbocycles. The highest BCUT2D eigenvalue weighted by Crippen LogP contribution is 2.13. The summed E-state index contributed by atoms with van der Waals surface area (Å²) >= 11 is 0. The van der Waals surface area contributed by atoms with Crippen molar-refractivity contribution in [2.75, 3.05) is 39.3 Å². The lowest BCUT2D eigenvalue weighted by Gasteiger charge is -2.34. The number of rotatable bonds is 7. The summed E-state index contributed by atoms with van der Waals surface area (Å²) in [4.78, 5) is 27.8. The van der Waals surface area contributed by atoms with Crippen molar-refractivity contribution in [3.05, 3.63) is 29.8 Å². The van der Waals surface area contributed by atoms with Gasteiger partial charge in [0.25, 0.3) is 0 Å². The number of hydrogen-bond donors (Lipinski definition) is 2. The minimum Gasteiger partial charge on any atom is -0.491 e. The maximum Gasteiger partial charge on any atom is 0.317 e. The molecular weight excluding hydrogens is 332 g/mol. The number of amides is 3. The molecule has 1 heterocycles. The minimum absolute atomic E-state index is 0.0373. The molecule has 3 amide bonds. The largest absolute Gasteiger partial charge is 0.491 e. The van der Waals surface area contributed by atoms with Crippen LogP contribution in [-0.2, 0) is 11.3 Å². The molecule has 0 radical (unpaired) electrons. The minimum atomic E-state index is -0.0647. The second kappa shape index (κ2) is 10.0. The highest BCUT2D eigenvalue weighted by Gasteiger charge is 2.22. The summed E-state index contributed by atoms with van der Waals surface area (Å²) in [5.41, 5.74) is 1.03. The van der Waals surface area contributed by atoms with E-state index in [1.165, 1.54) is 0 Å². The van der Waals surface area contributed by atoms with Crippen molar-refractivity contribution in [3.63, 3.8) is 0 Å². The molecule has 1 aromatic rings. The molecule has 0 aromatic heterocycles. The van der Waals surface area contributed by atoms with Crippen LogP contribution in [-0.4, -0.2) is 67.1 Å². The van der Waals surface area contributed by atoms with Gasteiger partial charge in [0.1, 0.15) is 5.75 Å². The zero-order valence-electron chi connectivity index (χ0n) is 16.0. The van der Waals surface area contributed by atoms with Crippen LogP contribution in [0.25, 0.3) is 0 Å². The molecule has 1 fully saturated rings. The Labute approximate surface area is 155 Å². The molecule has 1 aromatic carbocycles. The van der Waals surface area contributed by atoms with Crippen molar-refractivity contribution < 1.29 is 14.3 Å². The average Bonchev–Trinajstić information content (AvgIpc) is 2.61. The number of urea groups is 1. The zero-order valence-corrected chi connectivity index (χ0v) is 16.0. The Morgan fingerprint density at radius 3 is 2.31 bits per heavy atom. The number of nitrogens with one attached hydrogen (secondary N) is 2. The number of carbonyl (C=O) groups is 2. The van der Waals surface area contributed by atoms with E-state index in [1.54, 1.807) is 4.90 Å². The molecule has 0 bridgehead atoms. The van der Waals surface area contributed by atoms with Crippen molar-refractivity contribution in [1.29, 1.82) is 0 Å². The average molecular weight is 362 g/mol. The van der Waals surface area contributed by atoms with Crippen molar-refractivity contribution in [3.8, 4) is 5.75 Å². The Balaban J connectivity index is 1.71. The van der Waals surface area contributed by atoms with Gasteiger partial charge in [-0.05, 0) is 38.5 Å². The fourth-order valence-corrected chi connectivity index (χ4v) is 2.81. The van der Waals surface area contributed by atoms with E-state index in [-0.39, 0.29) is 18.0 Å². The second-order valence-corrected chi connectivity index (χ2v) is 6.69. The summed E-state index contributed by atoms with van der Waals surface area (Å²) in [6.45, 7) is 10.1. The molecule has 2 rings (SSSR count). The maximum absolute atomic E-state index is 12.3. The Kier molecular flexibility index (Phi) is 7.72. The summed E-state index contributed by atoms with van der Waals surface area (Å²) < 4.78 is 5.61. The molecule has 7 heteroatoms. The van der Waals surface area contributed by atoms with Gasteiger partial charge >= 0.3 is 6.03 Å². The SMILES string of the molecule is CCNC(=O)CN1CCN(C(=O)NCc2ccc(OC(C)C)cc2)CC1. The van der Waals surface area contributed by atoms with E-state index in [2.05, 4.69) is 15.5 Å². The molecule has 1 aliphatic heterocycles. The first-order valence-electron chi connectivity index (χ1n) is 9.25. The van der Waals surface area contributed by atoms with Crippen LogP contribution in [0.5, 0.6) is 5.75 Å². The van der Waals surface area contributed by atoms with Gasteiger partial charge in [-0.1, -0.05) is 12.1 Å². The van der Waals surface area contributed by atoms with Gasteiger partial charge in [0.05, 0.1) is 12.6 Å². The lowest BCUT2D eigenvalue weighted by molar-refractivity contribution is -0.122. The van der Waals surface area contributed by atoms with Gasteiger partial charge < -0.3 is 20.3 Å². The van der Waals surface area contributed by atoms with Crippen LogP contribution in [0.1, 0.15) is 26.3 Å². The first-order chi connectivity index (χ1) is 12.5. The van der Waals surface area contributed by atoms with Crippen LogP contribution in [0, 0.1) is 0 Å². The maximum atomic E-state index is 12.3. The van der Waals surface area contributed by atoms with Gasteiger partial charge in [0, 0.05) is 39.3 Å². The number of carbonyl (C=O) groups excluding carboxylic acids is 2. The molecule has 0 spiro atoms. The van der Waals surface area contributed by atoms with Gasteiger partial charge in [0.15, 0.2) is 0 Å². The van der Waals surface area contributed by atoms with E-state index in [0.29, 0.717) is 45.8 Å². The van der Waals surface area contributed by atoms with Gasteiger partial charge in [-0.25, -0.2) is 4.79 Å². The number of piperazine rings is 1. The van der Waals surface area contributed by atoms with Gasteiger partial charge in [-0.2, -0.15) is 0 Å². The van der Waals surface area contributed by atoms with E-state index in [4.69, 9.17) is 4.74 Å². The third-order valence-electron chi connectivity index (χ3n) is 4.14. The predicted octanol–water partition coefficient (Wildman–Crippen LogP) is 1.44. The summed E-state index contributed by atoms with van der Waals surface area (Å²) in [5.74, 6) is 0.869. The van der Waals surface area contributed by atoms with Gasteiger partial charge in [0.2, 0.25) is 5.91 Å². The molecule has 1 saturated heterocycles. The smallest absolute Gasteiger partial charge is 0.317 e. The molecule has 26 heavy (non-hydrogen) atoms. The van der Waals surface area contributed by atoms with E-state index in [1.807, 2.05) is 45.0 Å². The lowest BCUT2D eigenvalue weighted by atomic mass is 10.2. The third-order valence-corrected chi connectivity index (χ3v) is 4.14. The first-order valence-corrected chi connectivity index (χ1v) is 9.25. The molecule has 0 unspecified atom stereocenters. The molecule has 1 aliphatic rings. The number of ether oxygens (including phenoxy) is 1. The molecule has 0 atom stereocenters. The quantitative estimate of drug-likeness (QED) is 0.770. The number of likely N-dealkylation sites (N-methyl/N-ethyl adjacent to an activating group) is 1. The number of benzene rings is 1. The molecular formula is C19H30N4O3. The molecule has 2 N–H and O–H groups in total. The summed E-state index contributed by atoms with van der Waals surface area (Å²) in [5, 5.41) is 5.75. The highest BCUT2D eigenvalue weighted by molar-refractivity contribution is 5.78. The van der Waals surface area contributed by atoms with Crippen LogP contribution in [0.2, 0.25) is 0 Å². The highest BCUT2D eigenvalue weighted by atomic mass is 16.5. The Morgan fingerprint density at radius 2 is 1.73 bits per heavy atom. The van der Waals surface area contributed by atoms with Gasteiger partial charge in [-0.3, -0.25) is 9.69 Å². The lowest BCUT2D eigenvalue weighted by Crippen LogP contribution is -2.53. The molecule has 7 nitrogen and oxygen atoms in total. The standard InChI is InChI=1S/C19H30N4O3/c1-4-20-18(24)14-22-9-11-23(12-10-22)19(25)21-13-16-5-7-17(8-6-16)26-15(2)3/h5-8,15H,4,9-14H2,1-3H3,(H,20,24)(H,21,25). The summed E-state index contributed by atoms with van der Waals surface area (Å²) in [6, 6.07) is 7.69. The third kappa shape index (κ3) is 6.55. The fourth-order valence-electron chi connectivity index (χ4n) is 2.81. The monoisotopic (exact) mass is 362 g/mol. The fraction of sp³-hybridized carbons (Fsp3) is 0.579. The topological polar surface area (TPSA) is 73.9 Å². The normalized spacial score (nSPS) is 15.0. The van der Waals surface area contributed by atoms with Crippen LogP contribution in [0.15, 0.2) is 24.3 Å². The number of nitrogens with zero attached hydrogens (tertiary/aromatic N) is 2. The van der Waals surface area contributed by atoms with Crippen LogP contribution >= 0.6 is 0 Å². The van der Waals surface area contributed by atoms with Crippen LogP contribution in [0.3, 0.4) is 0 Å². The van der Waals surface area contributed by atoms with Crippen molar-refractivity contribution >= 4 is 11.9 Å². The van der Waals surface area contributed by atoms with Crippen molar-refractivity contribution in [2.24, 2.45) is 0 Å². The van der Waals surface area contributed by atoms with Crippen LogP contribution < -0.4 is 15.4 Å². The van der Waals surface area contributed by atoms with Crippen molar-refractivity contribution in [2.45, 2.75) is 33.4 Å². The Bertz CT molecular complexity index is 581. The zero-order chi connectivity index (χ0) is 18.9. The van der Waals surface area contributed by atoms with E-state index >= 15 is 0 Å². The van der Waals surface area contributed by atoms with E-state index in [9.17, 15) is 9.59 Å². The second-order valence-electron chi connectivity index (χ2n) is 6.69.